The van der Waals surface area contributed by atoms with Crippen LogP contribution in [0.1, 0.15) is 5.56 Å². The third-order valence-corrected chi connectivity index (χ3v) is 3.19. The van der Waals surface area contributed by atoms with E-state index in [4.69, 9.17) is 0 Å². The first-order chi connectivity index (χ1) is 11.5. The first-order valence-electron chi connectivity index (χ1n) is 6.95. The zero-order valence-corrected chi connectivity index (χ0v) is 12.5. The molecule has 0 spiro atoms. The summed E-state index contributed by atoms with van der Waals surface area (Å²) < 4.78 is 30.6. The minimum atomic E-state index is -2.93. The van der Waals surface area contributed by atoms with Crippen LogP contribution >= 0.6 is 0 Å². The van der Waals surface area contributed by atoms with Gasteiger partial charge >= 0.3 is 12.6 Å². The monoisotopic (exact) mass is 333 g/mol. The lowest BCUT2D eigenvalue weighted by Gasteiger charge is -2.11. The number of alkyl halides is 2. The number of urea groups is 1. The maximum Gasteiger partial charge on any atom is 0.387 e. The topological polar surface area (TPSA) is 80.6 Å². The van der Waals surface area contributed by atoms with E-state index in [1.54, 1.807) is 37.5 Å². The highest BCUT2D eigenvalue weighted by atomic mass is 19.3. The molecule has 3 rings (SSSR count). The number of anilines is 2. The zero-order valence-electron chi connectivity index (χ0n) is 12.5. The zero-order chi connectivity index (χ0) is 17.1. The van der Waals surface area contributed by atoms with Crippen molar-refractivity contribution in [3.05, 3.63) is 48.4 Å². The van der Waals surface area contributed by atoms with Crippen LogP contribution < -0.4 is 15.4 Å². The lowest BCUT2D eigenvalue weighted by atomic mass is 10.2. The Morgan fingerprint density at radius 3 is 2.96 bits per heavy atom. The molecule has 9 heteroatoms. The maximum atomic E-state index is 12.4. The van der Waals surface area contributed by atoms with Gasteiger partial charge in [0, 0.05) is 24.1 Å². The van der Waals surface area contributed by atoms with Crippen LogP contribution in [0.4, 0.5) is 25.0 Å². The fourth-order valence-corrected chi connectivity index (χ4v) is 2.10. The Balaban J connectivity index is 1.73. The molecule has 2 N–H and O–H groups in total. The molecule has 7 nitrogen and oxygen atoms in total. The number of carbonyl (C=O) groups excluding carboxylic acids is 1. The van der Waals surface area contributed by atoms with Gasteiger partial charge in [0.15, 0.2) is 5.65 Å². The normalized spacial score (nSPS) is 10.8. The van der Waals surface area contributed by atoms with Crippen LogP contribution in [0.15, 0.2) is 42.9 Å². The van der Waals surface area contributed by atoms with Gasteiger partial charge in [-0.1, -0.05) is 6.07 Å². The van der Waals surface area contributed by atoms with E-state index in [0.717, 1.165) is 0 Å². The molecular weight excluding hydrogens is 320 g/mol. The van der Waals surface area contributed by atoms with Crippen LogP contribution in [0.2, 0.25) is 0 Å². The summed E-state index contributed by atoms with van der Waals surface area (Å²) in [5.41, 5.74) is 1.76. The standard InChI is InChI=1S/C15H13F2N5O2/c1-9-3-4-10(7-12(9)24-14(16)17)20-15(23)21-11-8-19-22-6-2-5-18-13(11)22/h2-8,14H,1H3,(H2,20,21,23). The van der Waals surface area contributed by atoms with Crippen molar-refractivity contribution >= 4 is 23.1 Å². The lowest BCUT2D eigenvalue weighted by molar-refractivity contribution is -0.0502. The number of hydrogen-bond acceptors (Lipinski definition) is 4. The molecule has 2 amide bonds. The number of ether oxygens (including phenoxy) is 1. The highest BCUT2D eigenvalue weighted by molar-refractivity contribution is 6.01. The van der Waals surface area contributed by atoms with Crippen molar-refractivity contribution in [1.82, 2.24) is 14.6 Å². The van der Waals surface area contributed by atoms with Gasteiger partial charge in [-0.3, -0.25) is 0 Å². The summed E-state index contributed by atoms with van der Waals surface area (Å²) in [4.78, 5) is 16.2. The SMILES string of the molecule is Cc1ccc(NC(=O)Nc2cnn3cccnc23)cc1OC(F)F. The van der Waals surface area contributed by atoms with Crippen molar-refractivity contribution in [3.63, 3.8) is 0 Å². The smallest absolute Gasteiger partial charge is 0.387 e. The summed E-state index contributed by atoms with van der Waals surface area (Å²) in [6, 6.07) is 5.64. The van der Waals surface area contributed by atoms with Crippen LogP contribution in [0, 0.1) is 6.92 Å². The minimum Gasteiger partial charge on any atom is -0.434 e. The van der Waals surface area contributed by atoms with E-state index in [1.165, 1.54) is 16.8 Å². The number of aryl methyl sites for hydroxylation is 1. The predicted molar refractivity (Wildman–Crippen MR) is 83.4 cm³/mol. The van der Waals surface area contributed by atoms with Gasteiger partial charge in [0.2, 0.25) is 0 Å². The molecule has 0 atom stereocenters. The number of hydrogen-bond donors (Lipinski definition) is 2. The average molecular weight is 333 g/mol. The molecule has 0 saturated heterocycles. The minimum absolute atomic E-state index is 0.000416. The molecule has 1 aromatic carbocycles. The highest BCUT2D eigenvalue weighted by Crippen LogP contribution is 2.24. The highest BCUT2D eigenvalue weighted by Gasteiger charge is 2.11. The first-order valence-corrected chi connectivity index (χ1v) is 6.95. The molecule has 3 aromatic rings. The Morgan fingerprint density at radius 2 is 2.17 bits per heavy atom. The molecule has 0 saturated carbocycles. The molecule has 2 heterocycles. The summed E-state index contributed by atoms with van der Waals surface area (Å²) in [7, 11) is 0. The number of amides is 2. The molecule has 0 aliphatic heterocycles. The summed E-state index contributed by atoms with van der Waals surface area (Å²) >= 11 is 0. The quantitative estimate of drug-likeness (QED) is 0.768. The van der Waals surface area contributed by atoms with E-state index in [0.29, 0.717) is 22.6 Å². The number of nitrogens with one attached hydrogen (secondary N) is 2. The maximum absolute atomic E-state index is 12.4. The van der Waals surface area contributed by atoms with Gasteiger partial charge in [-0.05, 0) is 24.6 Å². The van der Waals surface area contributed by atoms with Crippen molar-refractivity contribution in [2.45, 2.75) is 13.5 Å². The fraction of sp³-hybridized carbons (Fsp3) is 0.133. The number of aromatic nitrogens is 3. The molecule has 124 valence electrons. The van der Waals surface area contributed by atoms with Gasteiger partial charge in [-0.25, -0.2) is 14.3 Å². The van der Waals surface area contributed by atoms with Crippen LogP contribution in [-0.2, 0) is 0 Å². The second-order valence-electron chi connectivity index (χ2n) is 4.88. The predicted octanol–water partition coefficient (Wildman–Crippen LogP) is 3.28. The lowest BCUT2D eigenvalue weighted by Crippen LogP contribution is -2.19. The number of halogens is 2. The van der Waals surface area contributed by atoms with Gasteiger partial charge in [0.1, 0.15) is 11.4 Å². The largest absolute Gasteiger partial charge is 0.434 e. The number of nitrogens with zero attached hydrogens (tertiary/aromatic N) is 3. The summed E-state index contributed by atoms with van der Waals surface area (Å²) in [6.07, 6.45) is 4.73. The van der Waals surface area contributed by atoms with Crippen molar-refractivity contribution < 1.29 is 18.3 Å². The van der Waals surface area contributed by atoms with Crippen LogP contribution in [0.25, 0.3) is 5.65 Å². The molecule has 0 fully saturated rings. The Hall–Kier alpha value is -3.23. The van der Waals surface area contributed by atoms with Crippen molar-refractivity contribution in [2.24, 2.45) is 0 Å². The molecule has 0 aliphatic carbocycles. The van der Waals surface area contributed by atoms with Gasteiger partial charge in [-0.2, -0.15) is 13.9 Å². The second kappa shape index (κ2) is 6.49. The molecular formula is C15H13F2N5O2. The molecule has 0 bridgehead atoms. The Labute approximate surface area is 135 Å². The van der Waals surface area contributed by atoms with E-state index in [1.807, 2.05) is 0 Å². The van der Waals surface area contributed by atoms with E-state index in [9.17, 15) is 13.6 Å². The van der Waals surface area contributed by atoms with Gasteiger partial charge in [0.05, 0.1) is 6.20 Å². The molecule has 0 radical (unpaired) electrons. The Bertz CT molecular complexity index is 881. The van der Waals surface area contributed by atoms with E-state index >= 15 is 0 Å². The van der Waals surface area contributed by atoms with Gasteiger partial charge in [-0.15, -0.1) is 0 Å². The summed E-state index contributed by atoms with van der Waals surface area (Å²) in [6.45, 7) is -1.30. The van der Waals surface area contributed by atoms with Crippen LogP contribution in [0.3, 0.4) is 0 Å². The average Bonchev–Trinajstić information content (AvgIpc) is 2.93. The molecule has 0 unspecified atom stereocenters. The van der Waals surface area contributed by atoms with Crippen molar-refractivity contribution in [3.8, 4) is 5.75 Å². The number of carbonyl (C=O) groups is 1. The third-order valence-electron chi connectivity index (χ3n) is 3.19. The van der Waals surface area contributed by atoms with E-state index < -0.39 is 12.6 Å². The van der Waals surface area contributed by atoms with Crippen molar-refractivity contribution in [2.75, 3.05) is 10.6 Å². The Kier molecular flexibility index (Phi) is 4.23. The number of fused-ring (bicyclic) bond motifs is 1. The fourth-order valence-electron chi connectivity index (χ4n) is 2.10. The second-order valence-corrected chi connectivity index (χ2v) is 4.88. The summed E-state index contributed by atoms with van der Waals surface area (Å²) in [5.74, 6) is 0.000416. The Morgan fingerprint density at radius 1 is 1.33 bits per heavy atom. The third kappa shape index (κ3) is 3.40. The number of benzene rings is 1. The summed E-state index contributed by atoms with van der Waals surface area (Å²) in [5, 5.41) is 9.19. The van der Waals surface area contributed by atoms with Gasteiger partial charge in [0.25, 0.3) is 0 Å². The van der Waals surface area contributed by atoms with Crippen LogP contribution in [-0.4, -0.2) is 27.2 Å². The molecule has 24 heavy (non-hydrogen) atoms. The van der Waals surface area contributed by atoms with Gasteiger partial charge < -0.3 is 15.4 Å². The van der Waals surface area contributed by atoms with E-state index in [2.05, 4.69) is 25.5 Å². The first kappa shape index (κ1) is 15.7. The molecule has 2 aromatic heterocycles. The number of rotatable bonds is 4. The molecule has 0 aliphatic rings. The van der Waals surface area contributed by atoms with Crippen molar-refractivity contribution in [1.29, 1.82) is 0 Å². The van der Waals surface area contributed by atoms with Crippen LogP contribution in [0.5, 0.6) is 5.75 Å². The van der Waals surface area contributed by atoms with E-state index in [-0.39, 0.29) is 5.75 Å².